The van der Waals surface area contributed by atoms with Crippen molar-refractivity contribution in [3.63, 3.8) is 0 Å². The molecule has 6 heteroatoms. The van der Waals surface area contributed by atoms with Gasteiger partial charge in [0.15, 0.2) is 0 Å². The minimum atomic E-state index is -0.798. The number of carbonyl (C=O) groups excluding carboxylic acids is 1. The summed E-state index contributed by atoms with van der Waals surface area (Å²) in [5.74, 6) is -0.798. The molecule has 1 aliphatic carbocycles. The van der Waals surface area contributed by atoms with Crippen molar-refractivity contribution in [3.05, 3.63) is 30.1 Å². The number of rotatable bonds is 6. The standard InChI is InChI=1S/C15H21N3O3/c1-18(10-12-4-2-7-16-9-12)14(21)17-11-15(5-3-6-15)8-13(19)20/h2,4,7,9H,3,5-6,8,10-11H2,1H3,(H,17,21)(H,19,20). The van der Waals surface area contributed by atoms with Gasteiger partial charge in [-0.1, -0.05) is 12.5 Å². The van der Waals surface area contributed by atoms with E-state index in [1.807, 2.05) is 12.1 Å². The Labute approximate surface area is 124 Å². The van der Waals surface area contributed by atoms with Gasteiger partial charge in [-0.15, -0.1) is 0 Å². The average Bonchev–Trinajstić information content (AvgIpc) is 2.42. The van der Waals surface area contributed by atoms with E-state index in [-0.39, 0.29) is 17.9 Å². The lowest BCUT2D eigenvalue weighted by Crippen LogP contribution is -2.46. The normalized spacial score (nSPS) is 15.9. The van der Waals surface area contributed by atoms with Crippen molar-refractivity contribution in [2.24, 2.45) is 5.41 Å². The van der Waals surface area contributed by atoms with Gasteiger partial charge in [0.25, 0.3) is 0 Å². The van der Waals surface area contributed by atoms with Crippen molar-refractivity contribution in [3.8, 4) is 0 Å². The molecular formula is C15H21N3O3. The highest BCUT2D eigenvalue weighted by Gasteiger charge is 2.39. The molecule has 114 valence electrons. The van der Waals surface area contributed by atoms with Crippen LogP contribution in [0.5, 0.6) is 0 Å². The van der Waals surface area contributed by atoms with Crippen LogP contribution in [0.3, 0.4) is 0 Å². The average molecular weight is 291 g/mol. The zero-order chi connectivity index (χ0) is 15.3. The molecule has 1 aliphatic rings. The molecule has 0 bridgehead atoms. The first kappa shape index (κ1) is 15.3. The van der Waals surface area contributed by atoms with Crippen molar-refractivity contribution in [1.29, 1.82) is 0 Å². The number of pyridine rings is 1. The van der Waals surface area contributed by atoms with E-state index in [0.717, 1.165) is 24.8 Å². The first-order chi connectivity index (χ1) is 10.0. The number of hydrogen-bond acceptors (Lipinski definition) is 3. The van der Waals surface area contributed by atoms with Crippen molar-refractivity contribution in [2.45, 2.75) is 32.2 Å². The smallest absolute Gasteiger partial charge is 0.317 e. The number of hydrogen-bond donors (Lipinski definition) is 2. The molecule has 1 saturated carbocycles. The predicted octanol–water partition coefficient (Wildman–Crippen LogP) is 1.87. The minimum absolute atomic E-state index is 0.125. The highest BCUT2D eigenvalue weighted by atomic mass is 16.4. The molecule has 0 aliphatic heterocycles. The van der Waals surface area contributed by atoms with Crippen LogP contribution in [0.2, 0.25) is 0 Å². The summed E-state index contributed by atoms with van der Waals surface area (Å²) >= 11 is 0. The Morgan fingerprint density at radius 1 is 1.48 bits per heavy atom. The zero-order valence-corrected chi connectivity index (χ0v) is 12.2. The van der Waals surface area contributed by atoms with Crippen LogP contribution in [-0.2, 0) is 11.3 Å². The molecule has 1 aromatic heterocycles. The first-order valence-electron chi connectivity index (χ1n) is 7.10. The summed E-state index contributed by atoms with van der Waals surface area (Å²) in [6.07, 6.45) is 6.31. The van der Waals surface area contributed by atoms with Gasteiger partial charge in [-0.3, -0.25) is 9.78 Å². The lowest BCUT2D eigenvalue weighted by molar-refractivity contribution is -0.141. The molecule has 2 amide bonds. The fourth-order valence-corrected chi connectivity index (χ4v) is 2.65. The summed E-state index contributed by atoms with van der Waals surface area (Å²) in [6, 6.07) is 3.56. The molecule has 1 heterocycles. The van der Waals surface area contributed by atoms with E-state index in [9.17, 15) is 9.59 Å². The number of aromatic nitrogens is 1. The molecule has 1 fully saturated rings. The Morgan fingerprint density at radius 3 is 2.76 bits per heavy atom. The van der Waals surface area contributed by atoms with Crippen molar-refractivity contribution < 1.29 is 14.7 Å². The Bertz CT molecular complexity index is 500. The maximum absolute atomic E-state index is 12.1. The quantitative estimate of drug-likeness (QED) is 0.838. The zero-order valence-electron chi connectivity index (χ0n) is 12.2. The summed E-state index contributed by atoms with van der Waals surface area (Å²) in [5.41, 5.74) is 0.704. The molecule has 1 aromatic rings. The summed E-state index contributed by atoms with van der Waals surface area (Å²) in [7, 11) is 1.72. The van der Waals surface area contributed by atoms with E-state index >= 15 is 0 Å². The highest BCUT2D eigenvalue weighted by molar-refractivity contribution is 5.74. The highest BCUT2D eigenvalue weighted by Crippen LogP contribution is 2.43. The van der Waals surface area contributed by atoms with E-state index in [1.54, 1.807) is 24.3 Å². The van der Waals surface area contributed by atoms with Gasteiger partial charge in [0, 0.05) is 32.5 Å². The number of carboxylic acids is 1. The van der Waals surface area contributed by atoms with Crippen molar-refractivity contribution in [1.82, 2.24) is 15.2 Å². The number of carboxylic acid groups (broad SMARTS) is 1. The Hall–Kier alpha value is -2.11. The molecule has 0 atom stereocenters. The third-order valence-electron chi connectivity index (χ3n) is 4.04. The van der Waals surface area contributed by atoms with Gasteiger partial charge in [-0.2, -0.15) is 0 Å². The van der Waals surface area contributed by atoms with E-state index in [0.29, 0.717) is 13.1 Å². The van der Waals surface area contributed by atoms with Gasteiger partial charge in [-0.05, 0) is 29.9 Å². The van der Waals surface area contributed by atoms with Crippen LogP contribution < -0.4 is 5.32 Å². The number of aliphatic carboxylic acids is 1. The third kappa shape index (κ3) is 4.18. The number of urea groups is 1. The summed E-state index contributed by atoms with van der Waals surface area (Å²) in [6.45, 7) is 0.904. The molecule has 6 nitrogen and oxygen atoms in total. The SMILES string of the molecule is CN(Cc1cccnc1)C(=O)NCC1(CC(=O)O)CCC1. The second-order valence-electron chi connectivity index (χ2n) is 5.80. The fraction of sp³-hybridized carbons (Fsp3) is 0.533. The van der Waals surface area contributed by atoms with Crippen LogP contribution in [0, 0.1) is 5.41 Å². The Balaban J connectivity index is 1.82. The van der Waals surface area contributed by atoms with Crippen LogP contribution in [0.25, 0.3) is 0 Å². The van der Waals surface area contributed by atoms with E-state index in [2.05, 4.69) is 10.3 Å². The minimum Gasteiger partial charge on any atom is -0.481 e. The summed E-state index contributed by atoms with van der Waals surface area (Å²) in [5, 5.41) is 11.8. The number of nitrogens with zero attached hydrogens (tertiary/aromatic N) is 2. The van der Waals surface area contributed by atoms with Crippen molar-refractivity contribution in [2.75, 3.05) is 13.6 Å². The lowest BCUT2D eigenvalue weighted by Gasteiger charge is -2.41. The molecule has 2 N–H and O–H groups in total. The maximum atomic E-state index is 12.1. The van der Waals surface area contributed by atoms with Crippen LogP contribution in [0.4, 0.5) is 4.79 Å². The lowest BCUT2D eigenvalue weighted by atomic mass is 9.66. The van der Waals surface area contributed by atoms with Gasteiger partial charge in [-0.25, -0.2) is 4.79 Å². The van der Waals surface area contributed by atoms with E-state index in [1.165, 1.54) is 0 Å². The van der Waals surface area contributed by atoms with Gasteiger partial charge in [0.05, 0.1) is 6.42 Å². The monoisotopic (exact) mass is 291 g/mol. The van der Waals surface area contributed by atoms with Crippen LogP contribution in [0.15, 0.2) is 24.5 Å². The molecule has 0 spiro atoms. The van der Waals surface area contributed by atoms with E-state index < -0.39 is 5.97 Å². The summed E-state index contributed by atoms with van der Waals surface area (Å²) < 4.78 is 0. The van der Waals surface area contributed by atoms with Gasteiger partial charge in [0.1, 0.15) is 0 Å². The van der Waals surface area contributed by atoms with E-state index in [4.69, 9.17) is 5.11 Å². The number of nitrogens with one attached hydrogen (secondary N) is 1. The molecule has 0 saturated heterocycles. The van der Waals surface area contributed by atoms with Crippen molar-refractivity contribution >= 4 is 12.0 Å². The third-order valence-corrected chi connectivity index (χ3v) is 4.04. The molecule has 0 aromatic carbocycles. The van der Waals surface area contributed by atoms with Gasteiger partial charge >= 0.3 is 12.0 Å². The summed E-state index contributed by atoms with van der Waals surface area (Å²) in [4.78, 5) is 28.6. The molecule has 21 heavy (non-hydrogen) atoms. The molecule has 2 rings (SSSR count). The molecule has 0 unspecified atom stereocenters. The predicted molar refractivity (Wildman–Crippen MR) is 77.6 cm³/mol. The largest absolute Gasteiger partial charge is 0.481 e. The second kappa shape index (κ2) is 6.56. The second-order valence-corrected chi connectivity index (χ2v) is 5.80. The number of carbonyl (C=O) groups is 2. The van der Waals surface area contributed by atoms with Gasteiger partial charge < -0.3 is 15.3 Å². The fourth-order valence-electron chi connectivity index (χ4n) is 2.65. The van der Waals surface area contributed by atoms with Crippen LogP contribution >= 0.6 is 0 Å². The van der Waals surface area contributed by atoms with Gasteiger partial charge in [0.2, 0.25) is 0 Å². The van der Waals surface area contributed by atoms with Crippen LogP contribution in [-0.4, -0.2) is 40.6 Å². The topological polar surface area (TPSA) is 82.5 Å². The van der Waals surface area contributed by atoms with Crippen LogP contribution in [0.1, 0.15) is 31.2 Å². The Morgan fingerprint density at radius 2 is 2.24 bits per heavy atom. The maximum Gasteiger partial charge on any atom is 0.317 e. The number of amides is 2. The molecular weight excluding hydrogens is 270 g/mol. The Kier molecular flexibility index (Phi) is 4.77. The molecule has 0 radical (unpaired) electrons. The first-order valence-corrected chi connectivity index (χ1v) is 7.10.